The molecule has 2 atom stereocenters. The molecule has 19 heavy (non-hydrogen) atoms. The summed E-state index contributed by atoms with van der Waals surface area (Å²) < 4.78 is 10.0. The summed E-state index contributed by atoms with van der Waals surface area (Å²) in [5.74, 6) is -0.394. The summed E-state index contributed by atoms with van der Waals surface area (Å²) in [6, 6.07) is 0. The molecule has 0 rings (SSSR count). The van der Waals surface area contributed by atoms with Crippen molar-refractivity contribution in [3.8, 4) is 0 Å². The minimum absolute atomic E-state index is 0.112. The summed E-state index contributed by atoms with van der Waals surface area (Å²) in [7, 11) is 0. The number of nitrogens with two attached hydrogens (primary N) is 1. The van der Waals surface area contributed by atoms with Crippen molar-refractivity contribution in [2.45, 2.75) is 53.8 Å². The third kappa shape index (κ3) is 8.59. The van der Waals surface area contributed by atoms with Gasteiger partial charge in [-0.3, -0.25) is 9.59 Å². The highest BCUT2D eigenvalue weighted by atomic mass is 16.7. The van der Waals surface area contributed by atoms with E-state index in [2.05, 4.69) is 13.8 Å². The number of esters is 2. The molecule has 0 aromatic heterocycles. The van der Waals surface area contributed by atoms with Gasteiger partial charge in [0.25, 0.3) is 0 Å². The molecule has 0 fully saturated rings. The smallest absolute Gasteiger partial charge is 0.311 e. The number of carbonyl (C=O) groups excluding carboxylic acids is 2. The van der Waals surface area contributed by atoms with Gasteiger partial charge in [-0.05, 0) is 24.8 Å². The first-order valence-electron chi connectivity index (χ1n) is 6.86. The fraction of sp³-hybridized carbons (Fsp3) is 0.857. The van der Waals surface area contributed by atoms with E-state index in [1.807, 2.05) is 0 Å². The van der Waals surface area contributed by atoms with Gasteiger partial charge in [-0.2, -0.15) is 0 Å². The maximum atomic E-state index is 11.7. The van der Waals surface area contributed by atoms with Crippen LogP contribution in [0.15, 0.2) is 0 Å². The van der Waals surface area contributed by atoms with E-state index in [0.29, 0.717) is 12.5 Å². The van der Waals surface area contributed by atoms with E-state index in [-0.39, 0.29) is 30.2 Å². The summed E-state index contributed by atoms with van der Waals surface area (Å²) in [4.78, 5) is 23.0. The fourth-order valence-electron chi connectivity index (χ4n) is 1.72. The maximum absolute atomic E-state index is 11.7. The van der Waals surface area contributed by atoms with Crippen molar-refractivity contribution in [2.75, 3.05) is 6.54 Å². The zero-order valence-corrected chi connectivity index (χ0v) is 12.6. The predicted molar refractivity (Wildman–Crippen MR) is 73.1 cm³/mol. The first kappa shape index (κ1) is 17.9. The quantitative estimate of drug-likeness (QED) is 0.541. The van der Waals surface area contributed by atoms with Gasteiger partial charge in [0.1, 0.15) is 0 Å². The Morgan fingerprint density at radius 3 is 2.05 bits per heavy atom. The van der Waals surface area contributed by atoms with Gasteiger partial charge in [0.05, 0.1) is 5.92 Å². The van der Waals surface area contributed by atoms with Gasteiger partial charge in [-0.25, -0.2) is 0 Å². The molecule has 0 radical (unpaired) electrons. The molecule has 0 aromatic carbocycles. The van der Waals surface area contributed by atoms with Crippen LogP contribution in [-0.4, -0.2) is 24.8 Å². The number of rotatable bonds is 8. The molecule has 0 spiro atoms. The average Bonchev–Trinajstić information content (AvgIpc) is 2.26. The zero-order valence-electron chi connectivity index (χ0n) is 12.6. The highest BCUT2D eigenvalue weighted by Gasteiger charge is 2.19. The van der Waals surface area contributed by atoms with Gasteiger partial charge in [-0.1, -0.05) is 27.7 Å². The topological polar surface area (TPSA) is 78.6 Å². The molecule has 0 aromatic rings. The Bertz CT molecular complexity index is 289. The Labute approximate surface area is 115 Å². The van der Waals surface area contributed by atoms with Crippen molar-refractivity contribution in [2.24, 2.45) is 23.5 Å². The Balaban J connectivity index is 4.11. The van der Waals surface area contributed by atoms with Crippen LogP contribution in [0.3, 0.4) is 0 Å². The van der Waals surface area contributed by atoms with Crippen LogP contribution in [0, 0.1) is 17.8 Å². The first-order chi connectivity index (χ1) is 8.76. The Morgan fingerprint density at radius 1 is 1.05 bits per heavy atom. The molecule has 2 N–H and O–H groups in total. The van der Waals surface area contributed by atoms with E-state index in [1.54, 1.807) is 13.8 Å². The van der Waals surface area contributed by atoms with Crippen molar-refractivity contribution >= 4 is 11.9 Å². The fourth-order valence-corrected chi connectivity index (χ4v) is 1.72. The lowest BCUT2D eigenvalue weighted by Gasteiger charge is -2.19. The van der Waals surface area contributed by atoms with Crippen LogP contribution in [0.25, 0.3) is 0 Å². The lowest BCUT2D eigenvalue weighted by atomic mass is 9.94. The lowest BCUT2D eigenvalue weighted by Crippen LogP contribution is -2.27. The van der Waals surface area contributed by atoms with Crippen molar-refractivity contribution in [1.82, 2.24) is 0 Å². The highest BCUT2D eigenvalue weighted by Crippen LogP contribution is 2.15. The van der Waals surface area contributed by atoms with Crippen molar-refractivity contribution in [3.63, 3.8) is 0 Å². The van der Waals surface area contributed by atoms with Gasteiger partial charge < -0.3 is 15.2 Å². The predicted octanol–water partition coefficient (Wildman–Crippen LogP) is 2.09. The van der Waals surface area contributed by atoms with E-state index in [4.69, 9.17) is 15.2 Å². The third-order valence-corrected chi connectivity index (χ3v) is 2.64. The van der Waals surface area contributed by atoms with Gasteiger partial charge in [0.2, 0.25) is 6.29 Å². The van der Waals surface area contributed by atoms with Crippen molar-refractivity contribution < 1.29 is 19.1 Å². The highest BCUT2D eigenvalue weighted by molar-refractivity contribution is 5.72. The maximum Gasteiger partial charge on any atom is 0.311 e. The normalized spacial score (nSPS) is 14.3. The van der Waals surface area contributed by atoms with E-state index in [1.165, 1.54) is 6.92 Å². The standard InChI is InChI=1S/C14H27NO4/c1-9(2)6-12(8-15)7-13(16)18-11(5)19-14(17)10(3)4/h9-12H,6-8,15H2,1-5H3. The number of hydrogen-bond donors (Lipinski definition) is 1. The molecule has 0 saturated heterocycles. The molecular formula is C14H27NO4. The second-order valence-electron chi connectivity index (χ2n) is 5.58. The molecule has 0 aliphatic carbocycles. The van der Waals surface area contributed by atoms with Gasteiger partial charge in [-0.15, -0.1) is 0 Å². The Morgan fingerprint density at radius 2 is 1.63 bits per heavy atom. The van der Waals surface area contributed by atoms with Gasteiger partial charge >= 0.3 is 11.9 Å². The number of carbonyl (C=O) groups is 2. The van der Waals surface area contributed by atoms with E-state index in [9.17, 15) is 9.59 Å². The monoisotopic (exact) mass is 273 g/mol. The SMILES string of the molecule is CC(C)CC(CN)CC(=O)OC(C)OC(=O)C(C)C. The Hall–Kier alpha value is -1.10. The zero-order chi connectivity index (χ0) is 15.0. The van der Waals surface area contributed by atoms with Crippen LogP contribution < -0.4 is 5.73 Å². The minimum Gasteiger partial charge on any atom is -0.425 e. The molecule has 0 heterocycles. The summed E-state index contributed by atoms with van der Waals surface area (Å²) >= 11 is 0. The Kier molecular flexibility index (Phi) is 8.39. The van der Waals surface area contributed by atoms with Crippen molar-refractivity contribution in [3.05, 3.63) is 0 Å². The first-order valence-corrected chi connectivity index (χ1v) is 6.86. The van der Waals surface area contributed by atoms with Crippen LogP contribution in [0.1, 0.15) is 47.5 Å². The average molecular weight is 273 g/mol. The molecule has 5 heteroatoms. The van der Waals surface area contributed by atoms with E-state index < -0.39 is 6.29 Å². The van der Waals surface area contributed by atoms with Gasteiger partial charge in [0.15, 0.2) is 0 Å². The van der Waals surface area contributed by atoms with Crippen LogP contribution in [0.5, 0.6) is 0 Å². The molecular weight excluding hydrogens is 246 g/mol. The second kappa shape index (κ2) is 8.91. The molecule has 0 bridgehead atoms. The van der Waals surface area contributed by atoms with Crippen LogP contribution >= 0.6 is 0 Å². The van der Waals surface area contributed by atoms with Crippen LogP contribution in [0.2, 0.25) is 0 Å². The number of ether oxygens (including phenoxy) is 2. The second-order valence-corrected chi connectivity index (χ2v) is 5.58. The van der Waals surface area contributed by atoms with Crippen molar-refractivity contribution in [1.29, 1.82) is 0 Å². The molecule has 0 aliphatic heterocycles. The summed E-state index contributed by atoms with van der Waals surface area (Å²) in [6.45, 7) is 9.61. The molecule has 2 unspecified atom stereocenters. The molecule has 5 nitrogen and oxygen atoms in total. The molecule has 0 saturated carbocycles. The molecule has 112 valence electrons. The largest absolute Gasteiger partial charge is 0.425 e. The summed E-state index contributed by atoms with van der Waals surface area (Å²) in [6.07, 6.45) is 0.296. The molecule has 0 amide bonds. The van der Waals surface area contributed by atoms with Crippen LogP contribution in [0.4, 0.5) is 0 Å². The third-order valence-electron chi connectivity index (χ3n) is 2.64. The molecule has 0 aliphatic rings. The number of hydrogen-bond acceptors (Lipinski definition) is 5. The minimum atomic E-state index is -0.847. The van der Waals surface area contributed by atoms with E-state index >= 15 is 0 Å². The summed E-state index contributed by atoms with van der Waals surface area (Å²) in [5, 5.41) is 0. The van der Waals surface area contributed by atoms with Gasteiger partial charge in [0, 0.05) is 13.3 Å². The van der Waals surface area contributed by atoms with Crippen LogP contribution in [-0.2, 0) is 19.1 Å². The summed E-state index contributed by atoms with van der Waals surface area (Å²) in [5.41, 5.74) is 5.63. The lowest BCUT2D eigenvalue weighted by molar-refractivity contribution is -0.187. The van der Waals surface area contributed by atoms with E-state index in [0.717, 1.165) is 6.42 Å².